The molecular formula is C21H22ClN3O4S. The zero-order valence-corrected chi connectivity index (χ0v) is 18.5. The Labute approximate surface area is 184 Å². The Morgan fingerprint density at radius 1 is 1.00 bits per heavy atom. The second-order valence-corrected chi connectivity index (χ2v) is 7.33. The zero-order valence-electron chi connectivity index (χ0n) is 16.9. The van der Waals surface area contributed by atoms with E-state index in [1.807, 2.05) is 39.0 Å². The predicted octanol–water partition coefficient (Wildman–Crippen LogP) is 5.31. The molecular weight excluding hydrogens is 426 g/mol. The maximum Gasteiger partial charge on any atom is 0.257 e. The second-order valence-electron chi connectivity index (χ2n) is 5.95. The summed E-state index contributed by atoms with van der Waals surface area (Å²) in [6, 6.07) is 10.6. The van der Waals surface area contributed by atoms with Crippen molar-refractivity contribution in [3.05, 3.63) is 47.0 Å². The zero-order chi connectivity index (χ0) is 21.5. The van der Waals surface area contributed by atoms with Crippen LogP contribution in [0.2, 0.25) is 5.02 Å². The number of halogens is 1. The van der Waals surface area contributed by atoms with Crippen LogP contribution < -0.4 is 19.5 Å². The molecule has 1 heterocycles. The highest BCUT2D eigenvalue weighted by atomic mass is 35.5. The van der Waals surface area contributed by atoms with Crippen molar-refractivity contribution in [2.45, 2.75) is 20.8 Å². The number of hydrogen-bond acceptors (Lipinski definition) is 7. The van der Waals surface area contributed by atoms with Gasteiger partial charge in [-0.25, -0.2) is 0 Å². The molecule has 0 unspecified atom stereocenters. The maximum absolute atomic E-state index is 12.9. The van der Waals surface area contributed by atoms with Crippen LogP contribution >= 0.6 is 22.9 Å². The molecule has 0 saturated carbocycles. The molecule has 7 nitrogen and oxygen atoms in total. The number of benzene rings is 2. The van der Waals surface area contributed by atoms with E-state index in [0.717, 1.165) is 5.56 Å². The molecule has 1 amide bonds. The van der Waals surface area contributed by atoms with Gasteiger partial charge >= 0.3 is 0 Å². The summed E-state index contributed by atoms with van der Waals surface area (Å²) in [5, 5.41) is 12.5. The monoisotopic (exact) mass is 447 g/mol. The topological polar surface area (TPSA) is 82.6 Å². The van der Waals surface area contributed by atoms with E-state index in [0.29, 0.717) is 57.8 Å². The first kappa shape index (κ1) is 21.9. The summed E-state index contributed by atoms with van der Waals surface area (Å²) < 4.78 is 17.0. The molecule has 3 rings (SSSR count). The van der Waals surface area contributed by atoms with Crippen LogP contribution in [0.4, 0.5) is 5.13 Å². The maximum atomic E-state index is 12.9. The van der Waals surface area contributed by atoms with Crippen LogP contribution in [0, 0.1) is 0 Å². The van der Waals surface area contributed by atoms with Crippen LogP contribution in [0.25, 0.3) is 10.6 Å². The molecule has 0 aliphatic rings. The standard InChI is InChI=1S/C21H22ClN3O4S/c1-4-27-16-11-13(12-17(28-5-2)18(16)29-6-3)19(26)23-21-25-24-20(30-21)14-9-7-8-10-15(14)22/h7-12H,4-6H2,1-3H3,(H,23,25,26). The molecule has 0 saturated heterocycles. The van der Waals surface area contributed by atoms with Gasteiger partial charge in [-0.2, -0.15) is 0 Å². The lowest BCUT2D eigenvalue weighted by molar-refractivity contribution is 0.102. The van der Waals surface area contributed by atoms with Gasteiger partial charge in [0.25, 0.3) is 5.91 Å². The van der Waals surface area contributed by atoms with Crippen molar-refractivity contribution in [2.75, 3.05) is 25.1 Å². The smallest absolute Gasteiger partial charge is 0.257 e. The van der Waals surface area contributed by atoms with Gasteiger partial charge < -0.3 is 14.2 Å². The Kier molecular flexibility index (Phi) is 7.48. The summed E-state index contributed by atoms with van der Waals surface area (Å²) in [4.78, 5) is 12.9. The van der Waals surface area contributed by atoms with Gasteiger partial charge in [-0.3, -0.25) is 10.1 Å². The Hall–Kier alpha value is -2.84. The second kappa shape index (κ2) is 10.3. The first-order valence-electron chi connectivity index (χ1n) is 9.53. The van der Waals surface area contributed by atoms with Gasteiger partial charge in [0.2, 0.25) is 10.9 Å². The van der Waals surface area contributed by atoms with E-state index >= 15 is 0 Å². The van der Waals surface area contributed by atoms with Gasteiger partial charge in [0.1, 0.15) is 0 Å². The predicted molar refractivity (Wildman–Crippen MR) is 118 cm³/mol. The number of nitrogens with zero attached hydrogens (tertiary/aromatic N) is 2. The summed E-state index contributed by atoms with van der Waals surface area (Å²) in [7, 11) is 0. The Bertz CT molecular complexity index is 998. The molecule has 0 radical (unpaired) electrons. The Morgan fingerprint density at radius 2 is 1.63 bits per heavy atom. The number of aromatic nitrogens is 2. The van der Waals surface area contributed by atoms with Crippen LogP contribution in [0.15, 0.2) is 36.4 Å². The fourth-order valence-electron chi connectivity index (χ4n) is 2.71. The number of amides is 1. The highest BCUT2D eigenvalue weighted by molar-refractivity contribution is 7.18. The van der Waals surface area contributed by atoms with E-state index in [2.05, 4.69) is 15.5 Å². The third-order valence-electron chi connectivity index (χ3n) is 3.92. The third kappa shape index (κ3) is 5.01. The number of hydrogen-bond donors (Lipinski definition) is 1. The van der Waals surface area contributed by atoms with Gasteiger partial charge in [0.15, 0.2) is 16.5 Å². The molecule has 0 spiro atoms. The fraction of sp³-hybridized carbons (Fsp3) is 0.286. The summed E-state index contributed by atoms with van der Waals surface area (Å²) >= 11 is 7.45. The Balaban J connectivity index is 1.87. The molecule has 158 valence electrons. The minimum Gasteiger partial charge on any atom is -0.490 e. The molecule has 9 heteroatoms. The number of nitrogens with one attached hydrogen (secondary N) is 1. The van der Waals surface area contributed by atoms with Crippen LogP contribution in [0.5, 0.6) is 17.2 Å². The quantitative estimate of drug-likeness (QED) is 0.478. The van der Waals surface area contributed by atoms with Gasteiger partial charge in [-0.15, -0.1) is 10.2 Å². The SMILES string of the molecule is CCOc1cc(C(=O)Nc2nnc(-c3ccccc3Cl)s2)cc(OCC)c1OCC. The first-order valence-corrected chi connectivity index (χ1v) is 10.7. The minimum absolute atomic E-state index is 0.359. The van der Waals surface area contributed by atoms with Crippen LogP contribution in [-0.4, -0.2) is 35.9 Å². The van der Waals surface area contributed by atoms with Crippen LogP contribution in [0.1, 0.15) is 31.1 Å². The van der Waals surface area contributed by atoms with Crippen molar-refractivity contribution >= 4 is 34.0 Å². The molecule has 30 heavy (non-hydrogen) atoms. The number of carbonyl (C=O) groups excluding carboxylic acids is 1. The van der Waals surface area contributed by atoms with Gasteiger partial charge in [0, 0.05) is 11.1 Å². The van der Waals surface area contributed by atoms with E-state index in [4.69, 9.17) is 25.8 Å². The van der Waals surface area contributed by atoms with Crippen molar-refractivity contribution in [1.82, 2.24) is 10.2 Å². The molecule has 0 aliphatic carbocycles. The molecule has 0 atom stereocenters. The van der Waals surface area contributed by atoms with E-state index in [9.17, 15) is 4.79 Å². The molecule has 0 aliphatic heterocycles. The van der Waals surface area contributed by atoms with Gasteiger partial charge in [-0.1, -0.05) is 41.1 Å². The number of carbonyl (C=O) groups is 1. The minimum atomic E-state index is -0.359. The highest BCUT2D eigenvalue weighted by Gasteiger charge is 2.19. The molecule has 1 aromatic heterocycles. The largest absolute Gasteiger partial charge is 0.490 e. The van der Waals surface area contributed by atoms with Gasteiger partial charge in [0.05, 0.1) is 24.8 Å². The van der Waals surface area contributed by atoms with Crippen LogP contribution in [-0.2, 0) is 0 Å². The van der Waals surface area contributed by atoms with Crippen molar-refractivity contribution in [2.24, 2.45) is 0 Å². The summed E-state index contributed by atoms with van der Waals surface area (Å²) in [5.41, 5.74) is 1.12. The molecule has 3 aromatic rings. The Morgan fingerprint density at radius 3 is 2.23 bits per heavy atom. The molecule has 1 N–H and O–H groups in total. The third-order valence-corrected chi connectivity index (χ3v) is 5.12. The van der Waals surface area contributed by atoms with Crippen LogP contribution in [0.3, 0.4) is 0 Å². The number of rotatable bonds is 9. The van der Waals surface area contributed by atoms with Gasteiger partial charge in [-0.05, 0) is 39.0 Å². The van der Waals surface area contributed by atoms with E-state index in [1.54, 1.807) is 18.2 Å². The molecule has 0 fully saturated rings. The fourth-order valence-corrected chi connectivity index (χ4v) is 3.77. The lowest BCUT2D eigenvalue weighted by Gasteiger charge is -2.16. The average molecular weight is 448 g/mol. The van der Waals surface area contributed by atoms with E-state index < -0.39 is 0 Å². The van der Waals surface area contributed by atoms with Crippen molar-refractivity contribution in [1.29, 1.82) is 0 Å². The van der Waals surface area contributed by atoms with E-state index in [-0.39, 0.29) is 5.91 Å². The molecule has 0 bridgehead atoms. The van der Waals surface area contributed by atoms with Crippen molar-refractivity contribution < 1.29 is 19.0 Å². The summed E-state index contributed by atoms with van der Waals surface area (Å²) in [6.07, 6.45) is 0. The normalized spacial score (nSPS) is 10.5. The lowest BCUT2D eigenvalue weighted by Crippen LogP contribution is -2.13. The summed E-state index contributed by atoms with van der Waals surface area (Å²) in [5.74, 6) is 1.02. The van der Waals surface area contributed by atoms with Crippen molar-refractivity contribution in [3.8, 4) is 27.8 Å². The number of anilines is 1. The van der Waals surface area contributed by atoms with Crippen molar-refractivity contribution in [3.63, 3.8) is 0 Å². The average Bonchev–Trinajstić information content (AvgIpc) is 3.19. The highest BCUT2D eigenvalue weighted by Crippen LogP contribution is 2.39. The summed E-state index contributed by atoms with van der Waals surface area (Å²) in [6.45, 7) is 6.89. The first-order chi connectivity index (χ1) is 14.6. The number of ether oxygens (including phenoxy) is 3. The van der Waals surface area contributed by atoms with E-state index in [1.165, 1.54) is 11.3 Å². The molecule has 2 aromatic carbocycles. The lowest BCUT2D eigenvalue weighted by atomic mass is 10.1.